The molecule has 5 nitrogen and oxygen atoms in total. The number of anilines is 1. The summed E-state index contributed by atoms with van der Waals surface area (Å²) in [5, 5.41) is 2.84. The number of hydrogen-bond acceptors (Lipinski definition) is 3. The van der Waals surface area contributed by atoms with Crippen LogP contribution in [0.3, 0.4) is 0 Å². The van der Waals surface area contributed by atoms with Crippen LogP contribution in [-0.4, -0.2) is 31.2 Å². The number of carbonyl (C=O) groups is 1. The quantitative estimate of drug-likeness (QED) is 0.867. The number of sulfonamides is 1. The second kappa shape index (κ2) is 7.78. The first-order chi connectivity index (χ1) is 12.8. The summed E-state index contributed by atoms with van der Waals surface area (Å²) in [6.07, 6.45) is 1.92. The Hall–Kier alpha value is -2.25. The Labute approximate surface area is 159 Å². The first-order valence-corrected chi connectivity index (χ1v) is 10.4. The van der Waals surface area contributed by atoms with Crippen LogP contribution in [0.15, 0.2) is 47.4 Å². The molecule has 1 heterocycles. The zero-order chi connectivity index (χ0) is 19.6. The van der Waals surface area contributed by atoms with Gasteiger partial charge in [-0.2, -0.15) is 4.31 Å². The lowest BCUT2D eigenvalue weighted by Crippen LogP contribution is -2.49. The van der Waals surface area contributed by atoms with Gasteiger partial charge < -0.3 is 5.32 Å². The predicted octanol–water partition coefficient (Wildman–Crippen LogP) is 3.62. The maximum Gasteiger partial charge on any atom is 0.243 e. The van der Waals surface area contributed by atoms with E-state index in [-0.39, 0.29) is 17.3 Å². The fraction of sp³-hybridized carbons (Fsp3) is 0.350. The summed E-state index contributed by atoms with van der Waals surface area (Å²) in [7, 11) is -3.87. The molecule has 0 aromatic heterocycles. The fourth-order valence-electron chi connectivity index (χ4n) is 3.24. The highest BCUT2D eigenvalue weighted by Crippen LogP contribution is 2.27. The van der Waals surface area contributed by atoms with Gasteiger partial charge in [-0.15, -0.1) is 0 Å². The highest BCUT2D eigenvalue weighted by molar-refractivity contribution is 7.89. The Bertz CT molecular complexity index is 942. The second-order valence-corrected chi connectivity index (χ2v) is 8.76. The van der Waals surface area contributed by atoms with Gasteiger partial charge in [0, 0.05) is 12.2 Å². The van der Waals surface area contributed by atoms with Gasteiger partial charge in [-0.1, -0.05) is 12.5 Å². The van der Waals surface area contributed by atoms with E-state index in [9.17, 15) is 17.6 Å². The van der Waals surface area contributed by atoms with Crippen LogP contribution in [0, 0.1) is 19.7 Å². The first-order valence-electron chi connectivity index (χ1n) is 8.94. The molecule has 2 aromatic carbocycles. The van der Waals surface area contributed by atoms with Crippen molar-refractivity contribution in [2.24, 2.45) is 0 Å². The van der Waals surface area contributed by atoms with Gasteiger partial charge in [0.2, 0.25) is 15.9 Å². The number of piperidine rings is 1. The lowest BCUT2D eigenvalue weighted by atomic mass is 10.0. The topological polar surface area (TPSA) is 66.5 Å². The van der Waals surface area contributed by atoms with Crippen LogP contribution in [0.5, 0.6) is 0 Å². The van der Waals surface area contributed by atoms with Gasteiger partial charge in [0.1, 0.15) is 11.9 Å². The van der Waals surface area contributed by atoms with Crippen molar-refractivity contribution in [3.63, 3.8) is 0 Å². The first kappa shape index (κ1) is 19.5. The van der Waals surface area contributed by atoms with E-state index in [1.54, 1.807) is 0 Å². The largest absolute Gasteiger partial charge is 0.325 e. The van der Waals surface area contributed by atoms with Crippen molar-refractivity contribution in [3.8, 4) is 0 Å². The third kappa shape index (κ3) is 4.20. The molecule has 1 fully saturated rings. The molecule has 27 heavy (non-hydrogen) atoms. The van der Waals surface area contributed by atoms with Crippen molar-refractivity contribution in [2.75, 3.05) is 11.9 Å². The second-order valence-electron chi connectivity index (χ2n) is 6.87. The SMILES string of the molecule is Cc1ccc(NC(=O)[C@H]2CCCCN2S(=O)(=O)c2ccc(F)cc2)cc1C. The normalized spacial score (nSPS) is 18.3. The summed E-state index contributed by atoms with van der Waals surface area (Å²) in [4.78, 5) is 12.8. The number of rotatable bonds is 4. The van der Waals surface area contributed by atoms with E-state index in [1.165, 1.54) is 16.4 Å². The van der Waals surface area contributed by atoms with Crippen LogP contribution in [-0.2, 0) is 14.8 Å². The van der Waals surface area contributed by atoms with Gasteiger partial charge in [0.05, 0.1) is 4.90 Å². The molecule has 2 aromatic rings. The molecular formula is C20H23FN2O3S. The van der Waals surface area contributed by atoms with Crippen molar-refractivity contribution in [3.05, 3.63) is 59.4 Å². The van der Waals surface area contributed by atoms with E-state index in [0.29, 0.717) is 18.5 Å². The Morgan fingerprint density at radius 2 is 1.78 bits per heavy atom. The third-order valence-corrected chi connectivity index (χ3v) is 6.87. The smallest absolute Gasteiger partial charge is 0.243 e. The number of amides is 1. The van der Waals surface area contributed by atoms with Crippen LogP contribution in [0.1, 0.15) is 30.4 Å². The van der Waals surface area contributed by atoms with E-state index in [4.69, 9.17) is 0 Å². The average molecular weight is 390 g/mol. The molecule has 0 aliphatic carbocycles. The molecule has 1 amide bonds. The number of carbonyl (C=O) groups excluding carboxylic acids is 1. The minimum absolute atomic E-state index is 0.00483. The Morgan fingerprint density at radius 1 is 1.07 bits per heavy atom. The molecule has 0 bridgehead atoms. The summed E-state index contributed by atoms with van der Waals surface area (Å²) in [5.74, 6) is -0.847. The highest BCUT2D eigenvalue weighted by Gasteiger charge is 2.37. The number of nitrogens with zero attached hydrogens (tertiary/aromatic N) is 1. The minimum atomic E-state index is -3.87. The number of aryl methyl sites for hydroxylation is 2. The zero-order valence-electron chi connectivity index (χ0n) is 15.4. The van der Waals surface area contributed by atoms with E-state index >= 15 is 0 Å². The predicted molar refractivity (Wildman–Crippen MR) is 102 cm³/mol. The summed E-state index contributed by atoms with van der Waals surface area (Å²) in [6, 6.07) is 9.50. The van der Waals surface area contributed by atoms with Gasteiger partial charge in [-0.05, 0) is 74.2 Å². The standard InChI is InChI=1S/C20H23FN2O3S/c1-14-6-9-17(13-15(14)2)22-20(24)19-5-3-4-12-23(19)27(25,26)18-10-7-16(21)8-11-18/h6-11,13,19H,3-5,12H2,1-2H3,(H,22,24)/t19-/m1/s1. The highest BCUT2D eigenvalue weighted by atomic mass is 32.2. The summed E-state index contributed by atoms with van der Waals surface area (Å²) in [5.41, 5.74) is 2.81. The molecule has 0 saturated carbocycles. The maximum atomic E-state index is 13.2. The molecule has 144 valence electrons. The van der Waals surface area contributed by atoms with Gasteiger partial charge in [0.25, 0.3) is 0 Å². The molecule has 3 rings (SSSR count). The molecule has 0 unspecified atom stereocenters. The van der Waals surface area contributed by atoms with Crippen LogP contribution < -0.4 is 5.32 Å². The summed E-state index contributed by atoms with van der Waals surface area (Å²) >= 11 is 0. The molecule has 0 radical (unpaired) electrons. The molecule has 1 aliphatic heterocycles. The summed E-state index contributed by atoms with van der Waals surface area (Å²) < 4.78 is 40.4. The molecule has 1 aliphatic rings. The number of benzene rings is 2. The summed E-state index contributed by atoms with van der Waals surface area (Å²) in [6.45, 7) is 4.21. The van der Waals surface area contributed by atoms with Crippen molar-refractivity contribution in [1.82, 2.24) is 4.31 Å². The van der Waals surface area contributed by atoms with Gasteiger partial charge in [-0.25, -0.2) is 12.8 Å². The van der Waals surface area contributed by atoms with E-state index in [2.05, 4.69) is 5.32 Å². The van der Waals surface area contributed by atoms with Crippen LogP contribution in [0.2, 0.25) is 0 Å². The minimum Gasteiger partial charge on any atom is -0.325 e. The number of hydrogen-bond donors (Lipinski definition) is 1. The third-order valence-electron chi connectivity index (χ3n) is 4.95. The van der Waals surface area contributed by atoms with Gasteiger partial charge >= 0.3 is 0 Å². The van der Waals surface area contributed by atoms with Crippen molar-refractivity contribution < 1.29 is 17.6 Å². The molecule has 7 heteroatoms. The lowest BCUT2D eigenvalue weighted by Gasteiger charge is -2.33. The maximum absolute atomic E-state index is 13.2. The van der Waals surface area contributed by atoms with Gasteiger partial charge in [-0.3, -0.25) is 4.79 Å². The number of nitrogens with one attached hydrogen (secondary N) is 1. The Kier molecular flexibility index (Phi) is 5.62. The molecule has 1 saturated heterocycles. The van der Waals surface area contributed by atoms with Crippen molar-refractivity contribution in [1.29, 1.82) is 0 Å². The van der Waals surface area contributed by atoms with Crippen molar-refractivity contribution >= 4 is 21.6 Å². The molecule has 0 spiro atoms. The Morgan fingerprint density at radius 3 is 2.44 bits per heavy atom. The van der Waals surface area contributed by atoms with Crippen LogP contribution >= 0.6 is 0 Å². The molecular weight excluding hydrogens is 367 g/mol. The monoisotopic (exact) mass is 390 g/mol. The zero-order valence-corrected chi connectivity index (χ0v) is 16.2. The van der Waals surface area contributed by atoms with Gasteiger partial charge in [0.15, 0.2) is 0 Å². The molecule has 1 atom stereocenters. The van der Waals surface area contributed by atoms with Crippen LogP contribution in [0.4, 0.5) is 10.1 Å². The van der Waals surface area contributed by atoms with Crippen LogP contribution in [0.25, 0.3) is 0 Å². The number of halogens is 1. The van der Waals surface area contributed by atoms with Crippen molar-refractivity contribution in [2.45, 2.75) is 44.0 Å². The average Bonchev–Trinajstić information content (AvgIpc) is 2.65. The van der Waals surface area contributed by atoms with E-state index in [0.717, 1.165) is 29.7 Å². The van der Waals surface area contributed by atoms with E-state index < -0.39 is 21.9 Å². The Balaban J connectivity index is 1.85. The fourth-order valence-corrected chi connectivity index (χ4v) is 4.90. The molecule has 1 N–H and O–H groups in total. The lowest BCUT2D eigenvalue weighted by molar-refractivity contribution is -0.120. The van der Waals surface area contributed by atoms with E-state index in [1.807, 2.05) is 32.0 Å².